The number of carbonyl (C=O) groups excluding carboxylic acids is 1. The van der Waals surface area contributed by atoms with E-state index in [4.69, 9.17) is 9.47 Å². The van der Waals surface area contributed by atoms with Crippen LogP contribution in [0.25, 0.3) is 11.3 Å². The van der Waals surface area contributed by atoms with Gasteiger partial charge >= 0.3 is 0 Å². The highest BCUT2D eigenvalue weighted by molar-refractivity contribution is 5.78. The maximum Gasteiger partial charge on any atom is 0.224 e. The van der Waals surface area contributed by atoms with Gasteiger partial charge in [-0.2, -0.15) is 5.10 Å². The first-order chi connectivity index (χ1) is 15.5. The van der Waals surface area contributed by atoms with Gasteiger partial charge in [-0.15, -0.1) is 0 Å². The Hall–Kier alpha value is -3.39. The highest BCUT2D eigenvalue weighted by Crippen LogP contribution is 2.30. The largest absolute Gasteiger partial charge is 0.486 e. The van der Waals surface area contributed by atoms with E-state index in [1.807, 2.05) is 47.9 Å². The fourth-order valence-corrected chi connectivity index (χ4v) is 3.65. The van der Waals surface area contributed by atoms with E-state index in [2.05, 4.69) is 10.4 Å². The number of benzene rings is 2. The molecule has 0 radical (unpaired) electrons. The molecule has 1 aliphatic heterocycles. The van der Waals surface area contributed by atoms with Crippen molar-refractivity contribution in [3.05, 3.63) is 65.6 Å². The molecular weight excluding hydrogens is 411 g/mol. The van der Waals surface area contributed by atoms with Crippen LogP contribution in [0.15, 0.2) is 48.5 Å². The van der Waals surface area contributed by atoms with Crippen LogP contribution in [0.5, 0.6) is 11.5 Å². The van der Waals surface area contributed by atoms with Crippen LogP contribution in [-0.4, -0.2) is 54.4 Å². The molecule has 1 amide bonds. The number of nitrogens with zero attached hydrogens (tertiary/aromatic N) is 3. The molecule has 1 aliphatic rings. The third kappa shape index (κ3) is 5.26. The van der Waals surface area contributed by atoms with Crippen LogP contribution < -0.4 is 14.8 Å². The van der Waals surface area contributed by atoms with Crippen molar-refractivity contribution in [1.29, 1.82) is 0 Å². The lowest BCUT2D eigenvalue weighted by Gasteiger charge is -2.18. The number of rotatable bonds is 8. The zero-order valence-corrected chi connectivity index (χ0v) is 18.3. The second kappa shape index (κ2) is 9.82. The Morgan fingerprint density at radius 1 is 1.12 bits per heavy atom. The molecular formula is C24H27FN4O3. The first-order valence-corrected chi connectivity index (χ1v) is 10.6. The molecule has 7 nitrogen and oxygen atoms in total. The predicted octanol–water partition coefficient (Wildman–Crippen LogP) is 2.88. The molecule has 0 fully saturated rings. The van der Waals surface area contributed by atoms with Gasteiger partial charge in [0, 0.05) is 18.7 Å². The van der Waals surface area contributed by atoms with E-state index in [0.29, 0.717) is 55.6 Å². The zero-order valence-electron chi connectivity index (χ0n) is 18.3. The van der Waals surface area contributed by atoms with E-state index < -0.39 is 0 Å². The number of fused-ring (bicyclic) bond motifs is 1. The number of hydrogen-bond donors (Lipinski definition) is 1. The highest BCUT2D eigenvalue weighted by atomic mass is 19.1. The Morgan fingerprint density at radius 2 is 1.91 bits per heavy atom. The van der Waals surface area contributed by atoms with Crippen molar-refractivity contribution in [3.63, 3.8) is 0 Å². The number of hydrogen-bond acceptors (Lipinski definition) is 5. The fourth-order valence-electron chi connectivity index (χ4n) is 3.65. The Bertz CT molecular complexity index is 1100. The first kappa shape index (κ1) is 21.8. The summed E-state index contributed by atoms with van der Waals surface area (Å²) >= 11 is 0. The molecule has 4 rings (SSSR count). The van der Waals surface area contributed by atoms with Gasteiger partial charge in [0.15, 0.2) is 11.5 Å². The Balaban J connectivity index is 1.38. The standard InChI is InChI=1S/C24H27FN4O3/c1-28(2)16-18-15-21(19-5-3-4-6-20(19)25)27-29(18)10-9-26-24(30)14-17-7-8-22-23(13-17)32-12-11-31-22/h3-8,13,15H,9-12,14,16H2,1-2H3,(H,26,30). The van der Waals surface area contributed by atoms with Crippen molar-refractivity contribution in [2.45, 2.75) is 19.5 Å². The van der Waals surface area contributed by atoms with Crippen LogP contribution in [0.1, 0.15) is 11.3 Å². The molecule has 0 unspecified atom stereocenters. The lowest BCUT2D eigenvalue weighted by molar-refractivity contribution is -0.120. The second-order valence-corrected chi connectivity index (χ2v) is 7.97. The van der Waals surface area contributed by atoms with Crippen LogP contribution in [0.3, 0.4) is 0 Å². The third-order valence-corrected chi connectivity index (χ3v) is 5.11. The summed E-state index contributed by atoms with van der Waals surface area (Å²) in [5, 5.41) is 7.53. The summed E-state index contributed by atoms with van der Waals surface area (Å²) in [6.45, 7) is 2.62. The van der Waals surface area contributed by atoms with Crippen molar-refractivity contribution >= 4 is 5.91 Å². The van der Waals surface area contributed by atoms with Gasteiger partial charge in [-0.1, -0.05) is 18.2 Å². The van der Waals surface area contributed by atoms with E-state index in [0.717, 1.165) is 11.3 Å². The van der Waals surface area contributed by atoms with Gasteiger partial charge in [0.25, 0.3) is 0 Å². The van der Waals surface area contributed by atoms with E-state index in [9.17, 15) is 9.18 Å². The van der Waals surface area contributed by atoms with Crippen LogP contribution in [0, 0.1) is 5.82 Å². The summed E-state index contributed by atoms with van der Waals surface area (Å²) in [5.41, 5.74) is 2.87. The average molecular weight is 439 g/mol. The zero-order chi connectivity index (χ0) is 22.5. The molecule has 1 aromatic heterocycles. The number of carbonyl (C=O) groups is 1. The third-order valence-electron chi connectivity index (χ3n) is 5.11. The number of ether oxygens (including phenoxy) is 2. The van der Waals surface area contributed by atoms with Gasteiger partial charge in [-0.05, 0) is 50.0 Å². The normalized spacial score (nSPS) is 12.8. The molecule has 168 valence electrons. The van der Waals surface area contributed by atoms with Crippen molar-refractivity contribution in [2.75, 3.05) is 33.9 Å². The summed E-state index contributed by atoms with van der Waals surface area (Å²) < 4.78 is 27.1. The Morgan fingerprint density at radius 3 is 2.69 bits per heavy atom. The van der Waals surface area contributed by atoms with Crippen molar-refractivity contribution < 1.29 is 18.7 Å². The molecule has 0 aliphatic carbocycles. The van der Waals surface area contributed by atoms with Gasteiger partial charge in [0.2, 0.25) is 5.91 Å². The van der Waals surface area contributed by atoms with Gasteiger partial charge in [-0.25, -0.2) is 4.39 Å². The number of aromatic nitrogens is 2. The molecule has 0 atom stereocenters. The summed E-state index contributed by atoms with van der Waals surface area (Å²) in [5.74, 6) is 0.990. The molecule has 32 heavy (non-hydrogen) atoms. The van der Waals surface area contributed by atoms with Crippen molar-refractivity contribution in [1.82, 2.24) is 20.0 Å². The SMILES string of the molecule is CN(C)Cc1cc(-c2ccccc2F)nn1CCNC(=O)Cc1ccc2c(c1)OCCO2. The maximum absolute atomic E-state index is 14.2. The quantitative estimate of drug-likeness (QED) is 0.586. The summed E-state index contributed by atoms with van der Waals surface area (Å²) in [6.07, 6.45) is 0.251. The molecule has 0 spiro atoms. The minimum atomic E-state index is -0.304. The lowest BCUT2D eigenvalue weighted by atomic mass is 10.1. The molecule has 0 bridgehead atoms. The fraction of sp³-hybridized carbons (Fsp3) is 0.333. The number of nitrogens with one attached hydrogen (secondary N) is 1. The van der Waals surface area contributed by atoms with Gasteiger partial charge < -0.3 is 19.7 Å². The summed E-state index contributed by atoms with van der Waals surface area (Å²) in [7, 11) is 3.93. The van der Waals surface area contributed by atoms with E-state index in [1.54, 1.807) is 18.2 Å². The predicted molar refractivity (Wildman–Crippen MR) is 119 cm³/mol. The molecule has 3 aromatic rings. The molecule has 2 aromatic carbocycles. The van der Waals surface area contributed by atoms with Crippen molar-refractivity contribution in [2.24, 2.45) is 0 Å². The number of halogens is 1. The van der Waals surface area contributed by atoms with Crippen LogP contribution in [0.4, 0.5) is 4.39 Å². The van der Waals surface area contributed by atoms with E-state index in [1.165, 1.54) is 6.07 Å². The topological polar surface area (TPSA) is 68.6 Å². The summed E-state index contributed by atoms with van der Waals surface area (Å²) in [4.78, 5) is 14.5. The van der Waals surface area contributed by atoms with Crippen LogP contribution in [0.2, 0.25) is 0 Å². The van der Waals surface area contributed by atoms with Crippen LogP contribution in [-0.2, 0) is 24.3 Å². The molecule has 0 saturated heterocycles. The van der Waals surface area contributed by atoms with Gasteiger partial charge in [-0.3, -0.25) is 9.48 Å². The first-order valence-electron chi connectivity index (χ1n) is 10.6. The minimum absolute atomic E-state index is 0.0858. The molecule has 2 heterocycles. The van der Waals surface area contributed by atoms with Crippen molar-refractivity contribution in [3.8, 4) is 22.8 Å². The highest BCUT2D eigenvalue weighted by Gasteiger charge is 2.15. The van der Waals surface area contributed by atoms with Gasteiger partial charge in [0.05, 0.1) is 24.4 Å². The Labute approximate surface area is 186 Å². The Kier molecular flexibility index (Phi) is 6.70. The lowest BCUT2D eigenvalue weighted by Crippen LogP contribution is -2.29. The van der Waals surface area contributed by atoms with E-state index >= 15 is 0 Å². The maximum atomic E-state index is 14.2. The molecule has 1 N–H and O–H groups in total. The minimum Gasteiger partial charge on any atom is -0.486 e. The van der Waals surface area contributed by atoms with Gasteiger partial charge in [0.1, 0.15) is 19.0 Å². The second-order valence-electron chi connectivity index (χ2n) is 7.97. The summed E-state index contributed by atoms with van der Waals surface area (Å²) in [6, 6.07) is 14.0. The van der Waals surface area contributed by atoms with E-state index in [-0.39, 0.29) is 18.1 Å². The molecule has 0 saturated carbocycles. The smallest absolute Gasteiger partial charge is 0.224 e. The monoisotopic (exact) mass is 438 g/mol. The number of amides is 1. The van der Waals surface area contributed by atoms with Crippen LogP contribution >= 0.6 is 0 Å². The average Bonchev–Trinajstić information content (AvgIpc) is 3.15. The molecule has 8 heteroatoms.